The minimum absolute atomic E-state index is 0.0963. The molecule has 2 atom stereocenters. The summed E-state index contributed by atoms with van der Waals surface area (Å²) in [5, 5.41) is 0.682. The molecule has 0 radical (unpaired) electrons. The first-order valence-corrected chi connectivity index (χ1v) is 7.37. The van der Waals surface area contributed by atoms with Crippen molar-refractivity contribution in [1.29, 1.82) is 0 Å². The lowest BCUT2D eigenvalue weighted by Gasteiger charge is -2.38. The van der Waals surface area contributed by atoms with Gasteiger partial charge in [0, 0.05) is 17.0 Å². The van der Waals surface area contributed by atoms with Crippen LogP contribution in [0.15, 0.2) is 24.3 Å². The molecule has 1 saturated heterocycles. The minimum Gasteiger partial charge on any atom is -0.369 e. The molecule has 0 bridgehead atoms. The van der Waals surface area contributed by atoms with Crippen molar-refractivity contribution in [2.45, 2.75) is 31.9 Å². The van der Waals surface area contributed by atoms with E-state index in [1.807, 2.05) is 36.1 Å². The predicted octanol–water partition coefficient (Wildman–Crippen LogP) is 2.37. The summed E-state index contributed by atoms with van der Waals surface area (Å²) in [4.78, 5) is 14.1. The zero-order chi connectivity index (χ0) is 14.5. The van der Waals surface area contributed by atoms with Crippen molar-refractivity contribution in [2.75, 3.05) is 19.7 Å². The van der Waals surface area contributed by atoms with Crippen LogP contribution in [0.25, 0.3) is 0 Å². The first-order valence-electron chi connectivity index (χ1n) is 6.99. The molecule has 5 heteroatoms. The van der Waals surface area contributed by atoms with Gasteiger partial charge in [0.15, 0.2) is 0 Å². The van der Waals surface area contributed by atoms with E-state index in [2.05, 4.69) is 0 Å². The lowest BCUT2D eigenvalue weighted by molar-refractivity contribution is -0.144. The van der Waals surface area contributed by atoms with Gasteiger partial charge in [-0.05, 0) is 26.0 Å². The maximum absolute atomic E-state index is 12.2. The van der Waals surface area contributed by atoms with E-state index in [4.69, 9.17) is 22.1 Å². The summed E-state index contributed by atoms with van der Waals surface area (Å²) >= 11 is 6.20. The van der Waals surface area contributed by atoms with Crippen LogP contribution in [0.5, 0.6) is 0 Å². The Morgan fingerprint density at radius 3 is 2.95 bits per heavy atom. The molecule has 0 unspecified atom stereocenters. The number of ether oxygens (including phenoxy) is 1. The van der Waals surface area contributed by atoms with E-state index in [1.165, 1.54) is 0 Å². The highest BCUT2D eigenvalue weighted by atomic mass is 35.5. The molecule has 0 aliphatic carbocycles. The molecule has 1 amide bonds. The molecule has 1 aromatic carbocycles. The number of hydrogen-bond acceptors (Lipinski definition) is 3. The summed E-state index contributed by atoms with van der Waals surface area (Å²) in [7, 11) is 0. The number of morpholine rings is 1. The number of nitrogens with zero attached hydrogens (tertiary/aromatic N) is 1. The Balaban J connectivity index is 2.08. The molecule has 2 rings (SSSR count). The average molecular weight is 297 g/mol. The third-order valence-corrected chi connectivity index (χ3v) is 3.94. The van der Waals surface area contributed by atoms with E-state index in [0.29, 0.717) is 31.1 Å². The highest BCUT2D eigenvalue weighted by molar-refractivity contribution is 6.31. The zero-order valence-electron chi connectivity index (χ0n) is 11.7. The SMILES string of the molecule is C[C@@H]1CO[C@@H](c2ccccc2Cl)CN1C(=O)CCCN. The van der Waals surface area contributed by atoms with Crippen molar-refractivity contribution in [1.82, 2.24) is 4.90 Å². The normalized spacial score (nSPS) is 22.9. The number of rotatable bonds is 4. The van der Waals surface area contributed by atoms with E-state index < -0.39 is 0 Å². The summed E-state index contributed by atoms with van der Waals surface area (Å²) in [6, 6.07) is 7.72. The first-order chi connectivity index (χ1) is 9.63. The van der Waals surface area contributed by atoms with Gasteiger partial charge in [0.1, 0.15) is 6.10 Å². The molecular formula is C15H21ClN2O2. The van der Waals surface area contributed by atoms with Crippen LogP contribution in [0.3, 0.4) is 0 Å². The number of halogens is 1. The highest BCUT2D eigenvalue weighted by Crippen LogP contribution is 2.30. The maximum Gasteiger partial charge on any atom is 0.223 e. The van der Waals surface area contributed by atoms with Gasteiger partial charge >= 0.3 is 0 Å². The van der Waals surface area contributed by atoms with E-state index in [-0.39, 0.29) is 18.1 Å². The molecule has 0 saturated carbocycles. The molecule has 0 spiro atoms. The average Bonchev–Trinajstić information content (AvgIpc) is 2.46. The van der Waals surface area contributed by atoms with Gasteiger partial charge in [-0.15, -0.1) is 0 Å². The minimum atomic E-state index is -0.151. The lowest BCUT2D eigenvalue weighted by atomic mass is 10.1. The van der Waals surface area contributed by atoms with Crippen LogP contribution in [0.2, 0.25) is 5.02 Å². The van der Waals surface area contributed by atoms with Crippen molar-refractivity contribution in [3.05, 3.63) is 34.9 Å². The van der Waals surface area contributed by atoms with Gasteiger partial charge in [-0.25, -0.2) is 0 Å². The van der Waals surface area contributed by atoms with Crippen LogP contribution < -0.4 is 5.73 Å². The van der Waals surface area contributed by atoms with Crippen molar-refractivity contribution >= 4 is 17.5 Å². The van der Waals surface area contributed by atoms with Crippen LogP contribution >= 0.6 is 11.6 Å². The summed E-state index contributed by atoms with van der Waals surface area (Å²) < 4.78 is 5.84. The summed E-state index contributed by atoms with van der Waals surface area (Å²) in [6.45, 7) is 3.63. The van der Waals surface area contributed by atoms with Crippen molar-refractivity contribution in [3.8, 4) is 0 Å². The fourth-order valence-electron chi connectivity index (χ4n) is 2.43. The molecule has 20 heavy (non-hydrogen) atoms. The van der Waals surface area contributed by atoms with E-state index in [9.17, 15) is 4.79 Å². The number of amides is 1. The van der Waals surface area contributed by atoms with Gasteiger partial charge in [0.2, 0.25) is 5.91 Å². The Labute approximate surface area is 124 Å². The van der Waals surface area contributed by atoms with Crippen LogP contribution in [0.1, 0.15) is 31.4 Å². The Hall–Kier alpha value is -1.10. The fourth-order valence-corrected chi connectivity index (χ4v) is 2.68. The Bertz CT molecular complexity index is 467. The molecule has 1 heterocycles. The second kappa shape index (κ2) is 7.07. The topological polar surface area (TPSA) is 55.6 Å². The number of nitrogens with two attached hydrogens (primary N) is 1. The van der Waals surface area contributed by atoms with Crippen LogP contribution in [-0.2, 0) is 9.53 Å². The fraction of sp³-hybridized carbons (Fsp3) is 0.533. The monoisotopic (exact) mass is 296 g/mol. The molecule has 110 valence electrons. The van der Waals surface area contributed by atoms with Gasteiger partial charge in [-0.3, -0.25) is 4.79 Å². The second-order valence-corrected chi connectivity index (χ2v) is 5.54. The second-order valence-electron chi connectivity index (χ2n) is 5.13. The highest BCUT2D eigenvalue weighted by Gasteiger charge is 2.30. The third-order valence-electron chi connectivity index (χ3n) is 3.60. The maximum atomic E-state index is 12.2. The molecule has 0 aromatic heterocycles. The predicted molar refractivity (Wildman–Crippen MR) is 79.6 cm³/mol. The Morgan fingerprint density at radius 2 is 2.25 bits per heavy atom. The molecule has 2 N–H and O–H groups in total. The van der Waals surface area contributed by atoms with Crippen LogP contribution in [0.4, 0.5) is 0 Å². The smallest absolute Gasteiger partial charge is 0.223 e. The first kappa shape index (κ1) is 15.3. The van der Waals surface area contributed by atoms with E-state index >= 15 is 0 Å². The van der Waals surface area contributed by atoms with Gasteiger partial charge in [-0.2, -0.15) is 0 Å². The van der Waals surface area contributed by atoms with Gasteiger partial charge in [0.25, 0.3) is 0 Å². The molecule has 1 aliphatic rings. The van der Waals surface area contributed by atoms with E-state index in [1.54, 1.807) is 0 Å². The molecule has 1 fully saturated rings. The summed E-state index contributed by atoms with van der Waals surface area (Å²) in [5.74, 6) is 0.142. The van der Waals surface area contributed by atoms with Gasteiger partial charge in [0.05, 0.1) is 19.2 Å². The number of benzene rings is 1. The molecule has 4 nitrogen and oxygen atoms in total. The molecule has 1 aliphatic heterocycles. The van der Waals surface area contributed by atoms with Crippen molar-refractivity contribution in [2.24, 2.45) is 5.73 Å². The van der Waals surface area contributed by atoms with Crippen LogP contribution in [-0.4, -0.2) is 36.5 Å². The van der Waals surface area contributed by atoms with Crippen LogP contribution in [0, 0.1) is 0 Å². The zero-order valence-corrected chi connectivity index (χ0v) is 12.5. The quantitative estimate of drug-likeness (QED) is 0.928. The molecular weight excluding hydrogens is 276 g/mol. The summed E-state index contributed by atoms with van der Waals surface area (Å²) in [6.07, 6.45) is 1.07. The number of hydrogen-bond donors (Lipinski definition) is 1. The van der Waals surface area contributed by atoms with Crippen molar-refractivity contribution in [3.63, 3.8) is 0 Å². The molecule has 1 aromatic rings. The third kappa shape index (κ3) is 3.51. The largest absolute Gasteiger partial charge is 0.369 e. The Kier molecular flexibility index (Phi) is 5.40. The summed E-state index contributed by atoms with van der Waals surface area (Å²) in [5.41, 5.74) is 6.41. The van der Waals surface area contributed by atoms with Gasteiger partial charge < -0.3 is 15.4 Å². The van der Waals surface area contributed by atoms with Gasteiger partial charge in [-0.1, -0.05) is 29.8 Å². The number of carbonyl (C=O) groups excluding carboxylic acids is 1. The lowest BCUT2D eigenvalue weighted by Crippen LogP contribution is -2.48. The van der Waals surface area contributed by atoms with E-state index in [0.717, 1.165) is 12.0 Å². The van der Waals surface area contributed by atoms with Crippen molar-refractivity contribution < 1.29 is 9.53 Å². The number of carbonyl (C=O) groups is 1. The Morgan fingerprint density at radius 1 is 1.50 bits per heavy atom. The standard InChI is InChI=1S/C15H21ClN2O2/c1-11-10-20-14(12-5-2-3-6-13(12)16)9-18(11)15(19)7-4-8-17/h2-3,5-6,11,14H,4,7-10,17H2,1H3/t11-,14-/m1/s1.